The van der Waals surface area contributed by atoms with Gasteiger partial charge in [-0.25, -0.2) is 0 Å². The lowest BCUT2D eigenvalue weighted by molar-refractivity contribution is -0.0877. The Labute approximate surface area is 326 Å². The lowest BCUT2D eigenvalue weighted by Crippen LogP contribution is -2.61. The first-order valence-corrected chi connectivity index (χ1v) is 25.0. The molecule has 0 bridgehead atoms. The van der Waals surface area contributed by atoms with Gasteiger partial charge in [0, 0.05) is 45.9 Å². The van der Waals surface area contributed by atoms with Gasteiger partial charge in [0.25, 0.3) is 0 Å². The third-order valence-corrected chi connectivity index (χ3v) is 19.6. The van der Waals surface area contributed by atoms with Crippen LogP contribution in [0.1, 0.15) is 200 Å². The van der Waals surface area contributed by atoms with Crippen molar-refractivity contribution < 1.29 is 0 Å². The van der Waals surface area contributed by atoms with Crippen LogP contribution in [0.3, 0.4) is 0 Å². The third kappa shape index (κ3) is 7.93. The van der Waals surface area contributed by atoms with Crippen LogP contribution in [0.4, 0.5) is 0 Å². The van der Waals surface area contributed by atoms with Crippen LogP contribution < -0.4 is 0 Å². The Morgan fingerprint density at radius 1 is 0.460 bits per heavy atom. The van der Waals surface area contributed by atoms with Crippen LogP contribution in [0.25, 0.3) is 0 Å². The molecule has 286 valence electrons. The van der Waals surface area contributed by atoms with Crippen LogP contribution in [0.2, 0.25) is 0 Å². The van der Waals surface area contributed by atoms with Crippen molar-refractivity contribution in [3.63, 3.8) is 0 Å². The summed E-state index contributed by atoms with van der Waals surface area (Å²) >= 11 is 8.29. The Kier molecular flexibility index (Phi) is 12.8. The van der Waals surface area contributed by atoms with Gasteiger partial charge in [0.15, 0.2) is 0 Å². The van der Waals surface area contributed by atoms with E-state index in [1.165, 1.54) is 167 Å². The first kappa shape index (κ1) is 37.8. The van der Waals surface area contributed by atoms with E-state index in [2.05, 4.69) is 55.5 Å². The van der Waals surface area contributed by atoms with Gasteiger partial charge in [0.05, 0.1) is 0 Å². The van der Waals surface area contributed by atoms with E-state index in [1.54, 1.807) is 19.3 Å². The average molecular weight is 819 g/mol. The molecule has 2 nitrogen and oxygen atoms in total. The molecule has 0 aromatic carbocycles. The Bertz CT molecular complexity index is 1070. The van der Waals surface area contributed by atoms with Gasteiger partial charge in [0.1, 0.15) is 0 Å². The highest BCUT2D eigenvalue weighted by Crippen LogP contribution is 2.55. The van der Waals surface area contributed by atoms with Crippen molar-refractivity contribution in [3.8, 4) is 0 Å². The van der Waals surface area contributed by atoms with E-state index in [9.17, 15) is 0 Å². The molecule has 8 aliphatic rings. The number of fused-ring (bicyclic) bond motifs is 2. The second-order valence-electron chi connectivity index (χ2n) is 20.5. The molecule has 4 heteroatoms. The molecule has 0 radical (unpaired) electrons. The minimum Gasteiger partial charge on any atom is -0.294 e. The minimum atomic E-state index is 0.578. The van der Waals surface area contributed by atoms with Crippen molar-refractivity contribution >= 4 is 31.9 Å². The largest absolute Gasteiger partial charge is 0.294 e. The standard InChI is InChI=1S/C46H78Br2N2/c1-32-29-41(49(39-17-9-15-36(47)30-39)44-20-7-12-33-11-3-4-19-43(33)44)26-27-42(32)34-22-24-38(25-23-34)50(40-18-10-16-37(48)31-40)45-21-8-14-35-13-5-6-28-46(35,45)2/h32-45H,3-31H2,1-2H3/t32-,33?,34?,35?,36?,37?,38?,39?,40?,41?,42?,43?,44?,45?,46?/m1/s1. The molecule has 0 aliphatic heterocycles. The van der Waals surface area contributed by atoms with E-state index in [0.717, 1.165) is 81.4 Å². The minimum absolute atomic E-state index is 0.578. The molecule has 8 saturated carbocycles. The van der Waals surface area contributed by atoms with Gasteiger partial charge in [-0.1, -0.05) is 110 Å². The summed E-state index contributed by atoms with van der Waals surface area (Å²) < 4.78 is 0. The average Bonchev–Trinajstić information content (AvgIpc) is 3.13. The topological polar surface area (TPSA) is 6.48 Å². The number of hydrogen-bond acceptors (Lipinski definition) is 2. The van der Waals surface area contributed by atoms with Gasteiger partial charge >= 0.3 is 0 Å². The van der Waals surface area contributed by atoms with Gasteiger partial charge < -0.3 is 0 Å². The van der Waals surface area contributed by atoms with Crippen molar-refractivity contribution in [2.45, 2.75) is 246 Å². The highest BCUT2D eigenvalue weighted by atomic mass is 79.9. The van der Waals surface area contributed by atoms with Crippen LogP contribution in [0, 0.1) is 40.9 Å². The molecular weight excluding hydrogens is 740 g/mol. The zero-order valence-corrected chi connectivity index (χ0v) is 35.9. The summed E-state index contributed by atoms with van der Waals surface area (Å²) in [5, 5.41) is 0. The Morgan fingerprint density at radius 3 is 1.78 bits per heavy atom. The fourth-order valence-corrected chi connectivity index (χ4v) is 17.1. The number of halogens is 2. The molecule has 0 N–H and O–H groups in total. The van der Waals surface area contributed by atoms with Crippen molar-refractivity contribution in [2.75, 3.05) is 0 Å². The van der Waals surface area contributed by atoms with Crippen LogP contribution >= 0.6 is 31.9 Å². The predicted octanol–water partition coefficient (Wildman–Crippen LogP) is 13.5. The Morgan fingerprint density at radius 2 is 1.04 bits per heavy atom. The summed E-state index contributed by atoms with van der Waals surface area (Å²) in [6, 6.07) is 5.15. The molecule has 0 amide bonds. The van der Waals surface area contributed by atoms with Crippen LogP contribution in [0.15, 0.2) is 0 Å². The second kappa shape index (κ2) is 16.9. The summed E-state index contributed by atoms with van der Waals surface area (Å²) in [6.45, 7) is 5.51. The lowest BCUT2D eigenvalue weighted by Gasteiger charge is -2.59. The number of nitrogens with zero attached hydrogens (tertiary/aromatic N) is 2. The fraction of sp³-hybridized carbons (Fsp3) is 1.00. The first-order chi connectivity index (χ1) is 24.4. The van der Waals surface area contributed by atoms with Crippen molar-refractivity contribution in [3.05, 3.63) is 0 Å². The summed E-state index contributed by atoms with van der Waals surface area (Å²) in [6.07, 6.45) is 43.3. The lowest BCUT2D eigenvalue weighted by atomic mass is 9.57. The van der Waals surface area contributed by atoms with E-state index >= 15 is 0 Å². The van der Waals surface area contributed by atoms with Crippen molar-refractivity contribution in [1.82, 2.24) is 9.80 Å². The molecule has 8 rings (SSSR count). The molecule has 13 atom stereocenters. The molecule has 0 heterocycles. The van der Waals surface area contributed by atoms with Crippen molar-refractivity contribution in [1.29, 1.82) is 0 Å². The maximum Gasteiger partial charge on any atom is 0.0160 e. The fourth-order valence-electron chi connectivity index (χ4n) is 15.6. The van der Waals surface area contributed by atoms with E-state index < -0.39 is 0 Å². The second-order valence-corrected chi connectivity index (χ2v) is 23.1. The molecule has 0 aromatic rings. The van der Waals surface area contributed by atoms with Crippen LogP contribution in [0.5, 0.6) is 0 Å². The molecule has 0 spiro atoms. The molecule has 0 saturated heterocycles. The van der Waals surface area contributed by atoms with Crippen LogP contribution in [-0.2, 0) is 0 Å². The monoisotopic (exact) mass is 816 g/mol. The number of alkyl halides is 2. The Balaban J connectivity index is 0.943. The number of hydrogen-bond donors (Lipinski definition) is 0. The molecule has 8 fully saturated rings. The van der Waals surface area contributed by atoms with E-state index in [1.807, 2.05) is 0 Å². The summed E-state index contributed by atoms with van der Waals surface area (Å²) in [5.41, 5.74) is 0.578. The molecule has 12 unspecified atom stereocenters. The van der Waals surface area contributed by atoms with Gasteiger partial charge in [0.2, 0.25) is 0 Å². The third-order valence-electron chi connectivity index (χ3n) is 17.9. The van der Waals surface area contributed by atoms with Gasteiger partial charge in [-0.3, -0.25) is 9.80 Å². The van der Waals surface area contributed by atoms with Crippen molar-refractivity contribution in [2.24, 2.45) is 40.9 Å². The highest BCUT2D eigenvalue weighted by Gasteiger charge is 2.51. The molecule has 0 aromatic heterocycles. The SMILES string of the molecule is C[C@@H]1CC(N(C2CCCC(Br)C2)C2CCCC3CCCCC32)CCC1C1CCC(N(C2CCCC(Br)C2)C2CCCC3CCCCC32C)CC1. The normalized spacial score (nSPS) is 49.3. The quantitative estimate of drug-likeness (QED) is 0.236. The van der Waals surface area contributed by atoms with E-state index in [-0.39, 0.29) is 0 Å². The molecular formula is C46H78Br2N2. The Hall–Kier alpha value is 0.880. The zero-order chi connectivity index (χ0) is 34.2. The smallest absolute Gasteiger partial charge is 0.0160 e. The summed E-state index contributed by atoms with van der Waals surface area (Å²) in [4.78, 5) is 8.12. The van der Waals surface area contributed by atoms with Gasteiger partial charge in [-0.15, -0.1) is 0 Å². The summed E-state index contributed by atoms with van der Waals surface area (Å²) in [7, 11) is 0. The highest BCUT2D eigenvalue weighted by molar-refractivity contribution is 9.09. The van der Waals surface area contributed by atoms with E-state index in [0.29, 0.717) is 5.41 Å². The molecule has 8 aliphatic carbocycles. The predicted molar refractivity (Wildman–Crippen MR) is 220 cm³/mol. The molecule has 50 heavy (non-hydrogen) atoms. The summed E-state index contributed by atoms with van der Waals surface area (Å²) in [5.74, 6) is 5.96. The maximum atomic E-state index is 4.15. The van der Waals surface area contributed by atoms with Gasteiger partial charge in [-0.2, -0.15) is 0 Å². The maximum absolute atomic E-state index is 4.15. The first-order valence-electron chi connectivity index (χ1n) is 23.2. The van der Waals surface area contributed by atoms with Gasteiger partial charge in [-0.05, 0) is 163 Å². The zero-order valence-electron chi connectivity index (χ0n) is 32.7. The van der Waals surface area contributed by atoms with E-state index in [4.69, 9.17) is 0 Å². The van der Waals surface area contributed by atoms with Crippen LogP contribution in [-0.4, -0.2) is 55.7 Å². The number of rotatable bonds is 7.